The largest absolute Gasteiger partial charge is 0.490 e. The van der Waals surface area contributed by atoms with E-state index in [9.17, 15) is 4.79 Å². The van der Waals surface area contributed by atoms with E-state index in [0.29, 0.717) is 17.1 Å². The fourth-order valence-corrected chi connectivity index (χ4v) is 2.77. The molecule has 0 bridgehead atoms. The molecule has 1 aromatic heterocycles. The van der Waals surface area contributed by atoms with Crippen LogP contribution in [0.1, 0.15) is 29.8 Å². The topological polar surface area (TPSA) is 115 Å². The molecule has 0 saturated carbocycles. The van der Waals surface area contributed by atoms with Crippen molar-refractivity contribution in [2.45, 2.75) is 19.4 Å². The van der Waals surface area contributed by atoms with Gasteiger partial charge in [-0.25, -0.2) is 0 Å². The standard InChI is InChI=1S/C16H18N6O2S/c1-16(2,20-15(23)10-6-7-18-19-8-10)9-24-12-5-3-4-11-13(12)14(17)22-25-21-11/h3-8,21H,9H2,1-2H3,(H2,17,22)(H,20,23). The highest BCUT2D eigenvalue weighted by Gasteiger charge is 2.24. The molecule has 3 rings (SSSR count). The molecule has 0 aliphatic carbocycles. The van der Waals surface area contributed by atoms with Crippen LogP contribution in [0.3, 0.4) is 0 Å². The molecule has 0 fully saturated rings. The van der Waals surface area contributed by atoms with E-state index in [1.54, 1.807) is 6.07 Å². The van der Waals surface area contributed by atoms with Gasteiger partial charge in [0.25, 0.3) is 5.91 Å². The maximum absolute atomic E-state index is 12.3. The maximum Gasteiger partial charge on any atom is 0.253 e. The number of nitrogens with two attached hydrogens (primary N) is 1. The molecular weight excluding hydrogens is 340 g/mol. The van der Waals surface area contributed by atoms with Crippen molar-refractivity contribution in [3.05, 3.63) is 47.8 Å². The van der Waals surface area contributed by atoms with Crippen molar-refractivity contribution < 1.29 is 9.53 Å². The first kappa shape index (κ1) is 17.0. The highest BCUT2D eigenvalue weighted by atomic mass is 32.2. The molecule has 8 nitrogen and oxygen atoms in total. The van der Waals surface area contributed by atoms with E-state index in [0.717, 1.165) is 11.3 Å². The van der Waals surface area contributed by atoms with Gasteiger partial charge in [-0.15, -0.1) is 0 Å². The van der Waals surface area contributed by atoms with E-state index in [1.807, 2.05) is 32.0 Å². The molecule has 1 aliphatic heterocycles. The molecule has 1 amide bonds. The second-order valence-corrected chi connectivity index (χ2v) is 6.68. The van der Waals surface area contributed by atoms with Crippen LogP contribution in [-0.2, 0) is 0 Å². The quantitative estimate of drug-likeness (QED) is 0.698. The van der Waals surface area contributed by atoms with E-state index < -0.39 is 5.54 Å². The SMILES string of the molecule is CC(C)(COc1cccc2c1C(N)=NSN2)NC(=O)c1ccnnc1. The zero-order valence-corrected chi connectivity index (χ0v) is 14.6. The van der Waals surface area contributed by atoms with E-state index >= 15 is 0 Å². The number of rotatable bonds is 5. The Morgan fingerprint density at radius 1 is 1.36 bits per heavy atom. The maximum atomic E-state index is 12.3. The van der Waals surface area contributed by atoms with E-state index in [-0.39, 0.29) is 12.5 Å². The average molecular weight is 358 g/mol. The molecule has 0 unspecified atom stereocenters. The normalized spacial score (nSPS) is 13.3. The fourth-order valence-electron chi connectivity index (χ4n) is 2.27. The van der Waals surface area contributed by atoms with Crippen LogP contribution in [-0.4, -0.2) is 34.1 Å². The minimum Gasteiger partial charge on any atom is -0.490 e. The first-order chi connectivity index (χ1) is 12.0. The third kappa shape index (κ3) is 4.00. The summed E-state index contributed by atoms with van der Waals surface area (Å²) >= 11 is 1.17. The number of amidine groups is 1. The molecule has 1 aromatic carbocycles. The number of hydrogen-bond acceptors (Lipinski definition) is 8. The number of nitrogens with one attached hydrogen (secondary N) is 2. The van der Waals surface area contributed by atoms with E-state index in [1.165, 1.54) is 24.5 Å². The number of amides is 1. The van der Waals surface area contributed by atoms with Crippen molar-refractivity contribution in [2.24, 2.45) is 10.1 Å². The van der Waals surface area contributed by atoms with Crippen molar-refractivity contribution in [2.75, 3.05) is 11.3 Å². The summed E-state index contributed by atoms with van der Waals surface area (Å²) in [6.07, 6.45) is 2.89. The third-order valence-electron chi connectivity index (χ3n) is 3.47. The van der Waals surface area contributed by atoms with Crippen LogP contribution >= 0.6 is 12.1 Å². The van der Waals surface area contributed by atoms with Crippen LogP contribution in [0.15, 0.2) is 41.1 Å². The second kappa shape index (κ2) is 6.98. The molecule has 4 N–H and O–H groups in total. The minimum atomic E-state index is -0.605. The number of anilines is 1. The van der Waals surface area contributed by atoms with Crippen molar-refractivity contribution in [3.8, 4) is 5.75 Å². The Labute approximate surface area is 149 Å². The molecule has 9 heteroatoms. The molecule has 130 valence electrons. The molecule has 2 aromatic rings. The lowest BCUT2D eigenvalue weighted by molar-refractivity contribution is 0.0880. The van der Waals surface area contributed by atoms with Crippen molar-refractivity contribution >= 4 is 29.6 Å². The van der Waals surface area contributed by atoms with E-state index in [2.05, 4.69) is 24.6 Å². The number of benzene rings is 1. The highest BCUT2D eigenvalue weighted by Crippen LogP contribution is 2.32. The van der Waals surface area contributed by atoms with Gasteiger partial charge in [0.05, 0.1) is 46.9 Å². The number of fused-ring (bicyclic) bond motifs is 1. The van der Waals surface area contributed by atoms with E-state index in [4.69, 9.17) is 10.5 Å². The van der Waals surface area contributed by atoms with Crippen LogP contribution in [0.4, 0.5) is 5.69 Å². The number of carbonyl (C=O) groups excluding carboxylic acids is 1. The number of nitrogens with zero attached hydrogens (tertiary/aromatic N) is 3. The lowest BCUT2D eigenvalue weighted by Gasteiger charge is -2.27. The Bertz CT molecular complexity index is 810. The smallest absolute Gasteiger partial charge is 0.253 e. The summed E-state index contributed by atoms with van der Waals surface area (Å²) in [6.45, 7) is 4.01. The third-order valence-corrected chi connectivity index (χ3v) is 4.07. The van der Waals surface area contributed by atoms with Gasteiger partial charge >= 0.3 is 0 Å². The number of ether oxygens (including phenoxy) is 1. The predicted octanol–water partition coefficient (Wildman–Crippen LogP) is 1.76. The van der Waals surface area contributed by atoms with Gasteiger partial charge in [-0.1, -0.05) is 6.07 Å². The van der Waals surface area contributed by atoms with Gasteiger partial charge in [-0.3, -0.25) is 4.79 Å². The van der Waals surface area contributed by atoms with Crippen molar-refractivity contribution in [1.82, 2.24) is 15.5 Å². The lowest BCUT2D eigenvalue weighted by atomic mass is 10.1. The number of hydrogen-bond donors (Lipinski definition) is 3. The Hall–Kier alpha value is -2.81. The van der Waals surface area contributed by atoms with Crippen molar-refractivity contribution in [1.29, 1.82) is 0 Å². The van der Waals surface area contributed by atoms with Crippen LogP contribution < -0.4 is 20.5 Å². The van der Waals surface area contributed by atoms with Gasteiger partial charge in [0.2, 0.25) is 0 Å². The molecule has 1 aliphatic rings. The highest BCUT2D eigenvalue weighted by molar-refractivity contribution is 7.99. The first-order valence-electron chi connectivity index (χ1n) is 7.57. The summed E-state index contributed by atoms with van der Waals surface area (Å²) < 4.78 is 13.1. The number of carbonyl (C=O) groups is 1. The molecule has 0 spiro atoms. The van der Waals surface area contributed by atoms with Crippen molar-refractivity contribution in [3.63, 3.8) is 0 Å². The van der Waals surface area contributed by atoms with Crippen LogP contribution in [0.2, 0.25) is 0 Å². The monoisotopic (exact) mass is 358 g/mol. The zero-order valence-electron chi connectivity index (χ0n) is 13.8. The summed E-state index contributed by atoms with van der Waals surface area (Å²) in [5, 5.41) is 10.3. The summed E-state index contributed by atoms with van der Waals surface area (Å²) in [5.74, 6) is 0.774. The number of aromatic nitrogens is 2. The van der Waals surface area contributed by atoms with Gasteiger partial charge < -0.3 is 20.5 Å². The van der Waals surface area contributed by atoms with Gasteiger partial charge in [0.15, 0.2) is 0 Å². The second-order valence-electron chi connectivity index (χ2n) is 6.11. The van der Waals surface area contributed by atoms with Gasteiger partial charge in [0, 0.05) is 0 Å². The summed E-state index contributed by atoms with van der Waals surface area (Å²) in [7, 11) is 0. The lowest BCUT2D eigenvalue weighted by Crippen LogP contribution is -2.48. The Morgan fingerprint density at radius 3 is 2.96 bits per heavy atom. The first-order valence-corrected chi connectivity index (χ1v) is 8.34. The van der Waals surface area contributed by atoms with Crippen LogP contribution in [0.25, 0.3) is 0 Å². The zero-order chi connectivity index (χ0) is 17.9. The molecule has 0 saturated heterocycles. The molecule has 0 radical (unpaired) electrons. The summed E-state index contributed by atoms with van der Waals surface area (Å²) in [4.78, 5) is 12.3. The molecule has 2 heterocycles. The van der Waals surface area contributed by atoms with Crippen LogP contribution in [0, 0.1) is 0 Å². The summed E-state index contributed by atoms with van der Waals surface area (Å²) in [6, 6.07) is 7.20. The average Bonchev–Trinajstić information content (AvgIpc) is 2.60. The fraction of sp³-hybridized carbons (Fsp3) is 0.250. The summed E-state index contributed by atoms with van der Waals surface area (Å²) in [5.41, 5.74) is 7.38. The Morgan fingerprint density at radius 2 is 2.20 bits per heavy atom. The predicted molar refractivity (Wildman–Crippen MR) is 97.5 cm³/mol. The van der Waals surface area contributed by atoms with Gasteiger partial charge in [-0.2, -0.15) is 14.6 Å². The molecule has 25 heavy (non-hydrogen) atoms. The van der Waals surface area contributed by atoms with Gasteiger partial charge in [-0.05, 0) is 32.0 Å². The van der Waals surface area contributed by atoms with Gasteiger partial charge in [0.1, 0.15) is 18.2 Å². The molecular formula is C16H18N6O2S. The minimum absolute atomic E-state index is 0.238. The molecule has 0 atom stereocenters. The Balaban J connectivity index is 1.69. The van der Waals surface area contributed by atoms with Crippen LogP contribution in [0.5, 0.6) is 5.75 Å². The Kier molecular flexibility index (Phi) is 4.75.